The largest absolute Gasteiger partial charge is 0.491 e. The lowest BCUT2D eigenvalue weighted by Gasteiger charge is -2.27. The summed E-state index contributed by atoms with van der Waals surface area (Å²) in [4.78, 5) is 7.54. The molecule has 2 fully saturated rings. The fourth-order valence-corrected chi connectivity index (χ4v) is 5.82. The molecule has 0 bridgehead atoms. The van der Waals surface area contributed by atoms with Gasteiger partial charge in [-0.25, -0.2) is 4.98 Å². The molecule has 174 valence electrons. The molecule has 4 heteroatoms. The normalized spacial score (nSPS) is 19.1. The van der Waals surface area contributed by atoms with Crippen LogP contribution < -0.4 is 9.64 Å². The number of hydrogen-bond acceptors (Lipinski definition) is 3. The van der Waals surface area contributed by atoms with Crippen molar-refractivity contribution in [2.24, 2.45) is 0 Å². The first-order valence-corrected chi connectivity index (χ1v) is 12.9. The molecule has 1 atom stereocenters. The fourth-order valence-electron chi connectivity index (χ4n) is 5.82. The monoisotopic (exact) mass is 451 g/mol. The lowest BCUT2D eigenvalue weighted by atomic mass is 9.95. The summed E-state index contributed by atoms with van der Waals surface area (Å²) in [6.07, 6.45) is 8.86. The second-order valence-corrected chi connectivity index (χ2v) is 9.75. The van der Waals surface area contributed by atoms with E-state index in [9.17, 15) is 0 Å². The van der Waals surface area contributed by atoms with Crippen molar-refractivity contribution in [3.63, 3.8) is 0 Å². The van der Waals surface area contributed by atoms with Crippen molar-refractivity contribution in [2.75, 3.05) is 18.1 Å². The van der Waals surface area contributed by atoms with Crippen LogP contribution in [0.1, 0.15) is 51.0 Å². The fraction of sp³-hybridized carbons (Fsp3) is 0.367. The van der Waals surface area contributed by atoms with Gasteiger partial charge in [0, 0.05) is 23.8 Å². The summed E-state index contributed by atoms with van der Waals surface area (Å²) in [5.41, 5.74) is 4.81. The number of benzene rings is 3. The molecule has 0 spiro atoms. The van der Waals surface area contributed by atoms with Crippen LogP contribution in [0.3, 0.4) is 0 Å². The van der Waals surface area contributed by atoms with E-state index in [1.54, 1.807) is 0 Å². The number of fused-ring (bicyclic) bond motifs is 1. The third-order valence-electron chi connectivity index (χ3n) is 7.56. The first-order chi connectivity index (χ1) is 16.9. The van der Waals surface area contributed by atoms with E-state index in [-0.39, 0.29) is 0 Å². The second-order valence-electron chi connectivity index (χ2n) is 9.75. The number of anilines is 1. The smallest absolute Gasteiger partial charge is 0.141 e. The van der Waals surface area contributed by atoms with Crippen molar-refractivity contribution in [1.82, 2.24) is 9.55 Å². The molecule has 6 rings (SSSR count). The Labute approximate surface area is 202 Å². The van der Waals surface area contributed by atoms with Gasteiger partial charge in [0.15, 0.2) is 0 Å². The molecule has 1 saturated carbocycles. The van der Waals surface area contributed by atoms with Gasteiger partial charge in [-0.1, -0.05) is 49.6 Å². The van der Waals surface area contributed by atoms with E-state index in [0.717, 1.165) is 30.2 Å². The minimum atomic E-state index is 0.428. The minimum Gasteiger partial charge on any atom is -0.491 e. The van der Waals surface area contributed by atoms with Crippen LogP contribution in [0.25, 0.3) is 22.4 Å². The van der Waals surface area contributed by atoms with Gasteiger partial charge in [0.2, 0.25) is 0 Å². The van der Waals surface area contributed by atoms with Crippen LogP contribution in [-0.4, -0.2) is 28.7 Å². The molecule has 1 aliphatic carbocycles. The van der Waals surface area contributed by atoms with Gasteiger partial charge in [-0.15, -0.1) is 0 Å². The average Bonchev–Trinajstić information content (AvgIpc) is 3.54. The highest BCUT2D eigenvalue weighted by Gasteiger charge is 2.25. The lowest BCUT2D eigenvalue weighted by Crippen LogP contribution is -2.34. The van der Waals surface area contributed by atoms with Crippen LogP contribution in [0.5, 0.6) is 5.75 Å². The number of aromatic nitrogens is 2. The summed E-state index contributed by atoms with van der Waals surface area (Å²) in [6.45, 7) is 1.82. The van der Waals surface area contributed by atoms with Crippen LogP contribution in [0.2, 0.25) is 0 Å². The summed E-state index contributed by atoms with van der Waals surface area (Å²) in [7, 11) is 0. The Hall–Kier alpha value is -3.27. The van der Waals surface area contributed by atoms with E-state index in [1.165, 1.54) is 61.7 Å². The van der Waals surface area contributed by atoms with E-state index in [2.05, 4.69) is 88.3 Å². The topological polar surface area (TPSA) is 30.3 Å². The Balaban J connectivity index is 1.21. The highest BCUT2D eigenvalue weighted by atomic mass is 16.5. The van der Waals surface area contributed by atoms with Crippen molar-refractivity contribution < 1.29 is 4.74 Å². The van der Waals surface area contributed by atoms with Crippen molar-refractivity contribution in [2.45, 2.75) is 57.0 Å². The molecule has 3 aromatic carbocycles. The van der Waals surface area contributed by atoms with Crippen molar-refractivity contribution in [3.8, 4) is 17.1 Å². The maximum Gasteiger partial charge on any atom is 0.141 e. The molecule has 2 aliphatic rings. The van der Waals surface area contributed by atoms with Crippen molar-refractivity contribution in [3.05, 3.63) is 78.9 Å². The summed E-state index contributed by atoms with van der Waals surface area (Å²) >= 11 is 0. The Morgan fingerprint density at radius 1 is 0.765 bits per heavy atom. The first-order valence-electron chi connectivity index (χ1n) is 12.9. The van der Waals surface area contributed by atoms with Gasteiger partial charge in [-0.3, -0.25) is 0 Å². The Morgan fingerprint density at radius 3 is 2.35 bits per heavy atom. The van der Waals surface area contributed by atoms with E-state index < -0.39 is 0 Å². The number of para-hydroxylation sites is 3. The van der Waals surface area contributed by atoms with E-state index >= 15 is 0 Å². The van der Waals surface area contributed by atoms with Gasteiger partial charge in [0.25, 0.3) is 0 Å². The van der Waals surface area contributed by atoms with Gasteiger partial charge in [-0.2, -0.15) is 0 Å². The Bertz CT molecular complexity index is 1230. The maximum atomic E-state index is 6.27. The van der Waals surface area contributed by atoms with Crippen LogP contribution in [0, 0.1) is 0 Å². The second kappa shape index (κ2) is 9.54. The third kappa shape index (κ3) is 4.18. The molecule has 34 heavy (non-hydrogen) atoms. The standard InChI is InChI=1S/C30H33N3O/c1-3-10-24(11-4-1)32-21-9-14-26(32)22-34-27-19-17-23(18-20-27)30-31-28-15-7-8-16-29(28)33(30)25-12-5-2-6-13-25/h1,3-4,7-8,10-11,15-20,25-26H,2,5-6,9,12-14,21-22H2/t26-/m0/s1. The zero-order valence-corrected chi connectivity index (χ0v) is 19.8. The molecule has 1 saturated heterocycles. The molecule has 2 heterocycles. The van der Waals surface area contributed by atoms with Gasteiger partial charge in [0.05, 0.1) is 17.1 Å². The summed E-state index contributed by atoms with van der Waals surface area (Å²) < 4.78 is 8.77. The molecule has 4 nitrogen and oxygen atoms in total. The summed E-state index contributed by atoms with van der Waals surface area (Å²) in [6, 6.07) is 28.8. The molecular formula is C30H33N3O. The average molecular weight is 452 g/mol. The van der Waals surface area contributed by atoms with Gasteiger partial charge >= 0.3 is 0 Å². The number of rotatable bonds is 6. The van der Waals surface area contributed by atoms with Crippen molar-refractivity contribution >= 4 is 16.7 Å². The quantitative estimate of drug-likeness (QED) is 0.309. The van der Waals surface area contributed by atoms with Crippen LogP contribution in [-0.2, 0) is 0 Å². The Morgan fingerprint density at radius 2 is 1.53 bits per heavy atom. The van der Waals surface area contributed by atoms with E-state index in [1.807, 2.05) is 0 Å². The zero-order valence-electron chi connectivity index (χ0n) is 19.8. The van der Waals surface area contributed by atoms with Gasteiger partial charge in [-0.05, 0) is 74.2 Å². The summed E-state index contributed by atoms with van der Waals surface area (Å²) in [5.74, 6) is 2.02. The number of nitrogens with zero attached hydrogens (tertiary/aromatic N) is 3. The van der Waals surface area contributed by atoms with Crippen LogP contribution in [0.4, 0.5) is 5.69 Å². The van der Waals surface area contributed by atoms with E-state index in [4.69, 9.17) is 9.72 Å². The summed E-state index contributed by atoms with van der Waals surface area (Å²) in [5, 5.41) is 0. The molecule has 0 radical (unpaired) electrons. The Kier molecular flexibility index (Phi) is 5.97. The number of imidazole rings is 1. The lowest BCUT2D eigenvalue weighted by molar-refractivity contribution is 0.288. The highest BCUT2D eigenvalue weighted by molar-refractivity contribution is 5.81. The van der Waals surface area contributed by atoms with Crippen molar-refractivity contribution in [1.29, 1.82) is 0 Å². The highest BCUT2D eigenvalue weighted by Crippen LogP contribution is 2.36. The molecule has 0 amide bonds. The maximum absolute atomic E-state index is 6.27. The van der Waals surface area contributed by atoms with E-state index in [0.29, 0.717) is 12.1 Å². The predicted molar refractivity (Wildman–Crippen MR) is 140 cm³/mol. The SMILES string of the molecule is c1ccc(N2CCC[C@H]2COc2ccc(-c3nc4ccccc4n3C3CCCCC3)cc2)cc1. The molecule has 1 aromatic heterocycles. The number of ether oxygens (including phenoxy) is 1. The molecule has 0 unspecified atom stereocenters. The number of hydrogen-bond donors (Lipinski definition) is 0. The zero-order chi connectivity index (χ0) is 22.7. The third-order valence-corrected chi connectivity index (χ3v) is 7.56. The molecule has 4 aromatic rings. The van der Waals surface area contributed by atoms with Crippen LogP contribution in [0.15, 0.2) is 78.9 Å². The molecular weight excluding hydrogens is 418 g/mol. The molecule has 0 N–H and O–H groups in total. The minimum absolute atomic E-state index is 0.428. The predicted octanol–water partition coefficient (Wildman–Crippen LogP) is 7.26. The molecule has 1 aliphatic heterocycles. The van der Waals surface area contributed by atoms with Gasteiger partial charge in [0.1, 0.15) is 18.2 Å². The first kappa shape index (κ1) is 21.3. The van der Waals surface area contributed by atoms with Gasteiger partial charge < -0.3 is 14.2 Å². The van der Waals surface area contributed by atoms with Crippen LogP contribution >= 0.6 is 0 Å².